The van der Waals surface area contributed by atoms with E-state index in [-0.39, 0.29) is 42.0 Å². The third-order valence-electron chi connectivity index (χ3n) is 8.26. The largest absolute Gasteiger partial charge is 0.458 e. The van der Waals surface area contributed by atoms with E-state index in [2.05, 4.69) is 27.3 Å². The van der Waals surface area contributed by atoms with Gasteiger partial charge in [-0.2, -0.15) is 5.10 Å². The standard InChI is InChI=1S/C33H32F2N6O5/c1-3-12-46-33(44)22-5-6-23-21(19(22)2)7-9-26(23)39-32(43)29-16-27(38-30-25(35)18-37-41(29)30)31(42)36-17-20-4-8-24(34)28(15-20)40-10-13-45-14-11-40/h3-6,8,15-16,18,26H,1,7,9-14,17H2,2H3,(H,36,42)(H,39,43)/t26-/m0/s1. The van der Waals surface area contributed by atoms with Crippen LogP contribution in [-0.4, -0.2) is 65.3 Å². The molecule has 2 amide bonds. The normalized spacial score (nSPS) is 15.8. The molecule has 13 heteroatoms. The molecule has 1 aliphatic carbocycles. The predicted molar refractivity (Wildman–Crippen MR) is 164 cm³/mol. The van der Waals surface area contributed by atoms with Gasteiger partial charge in [0.1, 0.15) is 23.8 Å². The number of nitrogens with zero attached hydrogens (tertiary/aromatic N) is 4. The van der Waals surface area contributed by atoms with Crippen molar-refractivity contribution in [1.29, 1.82) is 0 Å². The Hall–Kier alpha value is -5.17. The fraction of sp³-hybridized carbons (Fsp3) is 0.303. The quantitative estimate of drug-likeness (QED) is 0.211. The molecule has 2 aliphatic rings. The first-order chi connectivity index (χ1) is 22.2. The van der Waals surface area contributed by atoms with E-state index in [1.165, 1.54) is 18.2 Å². The van der Waals surface area contributed by atoms with Crippen LogP contribution in [0.5, 0.6) is 0 Å². The van der Waals surface area contributed by atoms with E-state index in [0.29, 0.717) is 56.0 Å². The molecule has 0 saturated carbocycles. The van der Waals surface area contributed by atoms with Crippen LogP contribution in [0.25, 0.3) is 5.65 Å². The number of carbonyl (C=O) groups is 3. The van der Waals surface area contributed by atoms with Crippen LogP contribution in [0.3, 0.4) is 0 Å². The molecule has 3 heterocycles. The first-order valence-corrected chi connectivity index (χ1v) is 14.9. The van der Waals surface area contributed by atoms with Gasteiger partial charge in [-0.1, -0.05) is 24.8 Å². The number of hydrogen-bond donors (Lipinski definition) is 2. The lowest BCUT2D eigenvalue weighted by atomic mass is 9.98. The number of anilines is 1. The average molecular weight is 631 g/mol. The van der Waals surface area contributed by atoms with Crippen molar-refractivity contribution in [1.82, 2.24) is 25.2 Å². The van der Waals surface area contributed by atoms with Gasteiger partial charge in [0.15, 0.2) is 11.5 Å². The first kappa shape index (κ1) is 30.8. The summed E-state index contributed by atoms with van der Waals surface area (Å²) in [4.78, 5) is 45.3. The van der Waals surface area contributed by atoms with Gasteiger partial charge in [-0.05, 0) is 60.2 Å². The number of ether oxygens (including phenoxy) is 2. The van der Waals surface area contributed by atoms with Gasteiger partial charge in [0.25, 0.3) is 11.8 Å². The average Bonchev–Trinajstić information content (AvgIpc) is 3.66. The third kappa shape index (κ3) is 6.05. The Balaban J connectivity index is 1.20. The number of halogens is 2. The van der Waals surface area contributed by atoms with Crippen LogP contribution in [0.4, 0.5) is 14.5 Å². The second kappa shape index (κ2) is 13.1. The van der Waals surface area contributed by atoms with Crippen molar-refractivity contribution >= 4 is 29.1 Å². The Morgan fingerprint density at radius 2 is 1.91 bits per heavy atom. The molecule has 2 aromatic carbocycles. The van der Waals surface area contributed by atoms with Gasteiger partial charge in [0.05, 0.1) is 36.7 Å². The van der Waals surface area contributed by atoms with Gasteiger partial charge in [0.2, 0.25) is 0 Å². The van der Waals surface area contributed by atoms with Crippen LogP contribution >= 0.6 is 0 Å². The fourth-order valence-corrected chi connectivity index (χ4v) is 5.90. The summed E-state index contributed by atoms with van der Waals surface area (Å²) in [5, 5.41) is 9.67. The second-order valence-electron chi connectivity index (χ2n) is 11.1. The number of hydrogen-bond acceptors (Lipinski definition) is 8. The highest BCUT2D eigenvalue weighted by Crippen LogP contribution is 2.35. The molecule has 11 nitrogen and oxygen atoms in total. The maximum absolute atomic E-state index is 14.7. The highest BCUT2D eigenvalue weighted by Gasteiger charge is 2.29. The maximum atomic E-state index is 14.7. The predicted octanol–water partition coefficient (Wildman–Crippen LogP) is 3.84. The summed E-state index contributed by atoms with van der Waals surface area (Å²) in [6.07, 6.45) is 3.62. The van der Waals surface area contributed by atoms with E-state index >= 15 is 0 Å². The fourth-order valence-electron chi connectivity index (χ4n) is 5.90. The zero-order valence-electron chi connectivity index (χ0n) is 25.1. The second-order valence-corrected chi connectivity index (χ2v) is 11.1. The van der Waals surface area contributed by atoms with Gasteiger partial charge in [-0.3, -0.25) is 9.59 Å². The minimum atomic E-state index is -0.796. The van der Waals surface area contributed by atoms with Crippen molar-refractivity contribution in [3.05, 3.63) is 106 Å². The summed E-state index contributed by atoms with van der Waals surface area (Å²) in [5.74, 6) is -2.84. The van der Waals surface area contributed by atoms with E-state index in [1.807, 2.05) is 11.8 Å². The number of benzene rings is 2. The summed E-state index contributed by atoms with van der Waals surface area (Å²) in [7, 11) is 0. The number of carbonyl (C=O) groups excluding carboxylic acids is 3. The number of aromatic nitrogens is 3. The Kier molecular flexibility index (Phi) is 8.75. The number of rotatable bonds is 9. The smallest absolute Gasteiger partial charge is 0.338 e. The van der Waals surface area contributed by atoms with Gasteiger partial charge in [-0.15, -0.1) is 0 Å². The van der Waals surface area contributed by atoms with Crippen molar-refractivity contribution < 1.29 is 32.6 Å². The van der Waals surface area contributed by atoms with Crippen LogP contribution in [-0.2, 0) is 22.4 Å². The van der Waals surface area contributed by atoms with Crippen molar-refractivity contribution in [2.45, 2.75) is 32.4 Å². The molecule has 1 atom stereocenters. The van der Waals surface area contributed by atoms with E-state index in [4.69, 9.17) is 9.47 Å². The third-order valence-corrected chi connectivity index (χ3v) is 8.26. The van der Waals surface area contributed by atoms with Gasteiger partial charge in [0, 0.05) is 25.7 Å². The Morgan fingerprint density at radius 3 is 2.70 bits per heavy atom. The number of morpholine rings is 1. The summed E-state index contributed by atoms with van der Waals surface area (Å²) in [5.41, 5.74) is 3.56. The lowest BCUT2D eigenvalue weighted by Gasteiger charge is -2.29. The SMILES string of the molecule is C=CCOC(=O)c1ccc2c(c1C)CC[C@@H]2NC(=O)c1cc(C(=O)NCc2ccc(F)c(N3CCOCC3)c2)nc2c(F)cnn12. The van der Waals surface area contributed by atoms with E-state index in [0.717, 1.165) is 27.4 Å². The maximum Gasteiger partial charge on any atom is 0.338 e. The molecule has 2 N–H and O–H groups in total. The summed E-state index contributed by atoms with van der Waals surface area (Å²) < 4.78 is 40.8. The Labute approximate surface area is 263 Å². The Morgan fingerprint density at radius 1 is 1.11 bits per heavy atom. The summed E-state index contributed by atoms with van der Waals surface area (Å²) in [6.45, 7) is 7.65. The van der Waals surface area contributed by atoms with E-state index in [1.54, 1.807) is 24.3 Å². The first-order valence-electron chi connectivity index (χ1n) is 14.9. The number of amides is 2. The molecule has 6 rings (SSSR count). The van der Waals surface area contributed by atoms with Gasteiger partial charge < -0.3 is 25.0 Å². The van der Waals surface area contributed by atoms with Gasteiger partial charge in [-0.25, -0.2) is 23.1 Å². The molecule has 238 valence electrons. The molecule has 0 bridgehead atoms. The monoisotopic (exact) mass is 630 g/mol. The zero-order chi connectivity index (χ0) is 32.4. The van der Waals surface area contributed by atoms with Crippen molar-refractivity contribution in [2.24, 2.45) is 0 Å². The van der Waals surface area contributed by atoms with Gasteiger partial charge >= 0.3 is 5.97 Å². The molecular weight excluding hydrogens is 598 g/mol. The van der Waals surface area contributed by atoms with E-state index in [9.17, 15) is 23.2 Å². The molecule has 1 saturated heterocycles. The lowest BCUT2D eigenvalue weighted by Crippen LogP contribution is -2.36. The molecule has 0 unspecified atom stereocenters. The number of esters is 1. The van der Waals surface area contributed by atoms with Crippen LogP contribution < -0.4 is 15.5 Å². The Bertz CT molecular complexity index is 1850. The number of fused-ring (bicyclic) bond motifs is 2. The van der Waals surface area contributed by atoms with Crippen molar-refractivity contribution in [3.63, 3.8) is 0 Å². The van der Waals surface area contributed by atoms with Crippen LogP contribution in [0.1, 0.15) is 66.1 Å². The topological polar surface area (TPSA) is 127 Å². The van der Waals surface area contributed by atoms with Crippen LogP contribution in [0.2, 0.25) is 0 Å². The molecule has 1 fully saturated rings. The molecule has 46 heavy (non-hydrogen) atoms. The zero-order valence-corrected chi connectivity index (χ0v) is 25.1. The van der Waals surface area contributed by atoms with Crippen LogP contribution in [0, 0.1) is 18.6 Å². The highest BCUT2D eigenvalue weighted by atomic mass is 19.1. The van der Waals surface area contributed by atoms with Crippen molar-refractivity contribution in [2.75, 3.05) is 37.8 Å². The summed E-state index contributed by atoms with van der Waals surface area (Å²) >= 11 is 0. The molecular formula is C33H32F2N6O5. The van der Waals surface area contributed by atoms with E-state index < -0.39 is 23.6 Å². The van der Waals surface area contributed by atoms with Crippen LogP contribution in [0.15, 0.2) is 55.3 Å². The molecule has 0 radical (unpaired) electrons. The molecule has 4 aromatic rings. The minimum Gasteiger partial charge on any atom is -0.458 e. The molecule has 0 spiro atoms. The van der Waals surface area contributed by atoms with Crippen molar-refractivity contribution in [3.8, 4) is 0 Å². The number of nitrogens with one attached hydrogen (secondary N) is 2. The summed E-state index contributed by atoms with van der Waals surface area (Å²) in [6, 6.07) is 8.91. The minimum absolute atomic E-state index is 0.0495. The molecule has 2 aromatic heterocycles. The highest BCUT2D eigenvalue weighted by molar-refractivity contribution is 5.98. The molecule has 1 aliphatic heterocycles. The lowest BCUT2D eigenvalue weighted by molar-refractivity contribution is 0.0548.